The molecule has 0 aliphatic carbocycles. The summed E-state index contributed by atoms with van der Waals surface area (Å²) in [7, 11) is 2.17. The summed E-state index contributed by atoms with van der Waals surface area (Å²) in [6.45, 7) is 8.99. The van der Waals surface area contributed by atoms with Crippen molar-refractivity contribution in [1.29, 1.82) is 0 Å². The number of rotatable bonds is 2. The van der Waals surface area contributed by atoms with Gasteiger partial charge in [-0.2, -0.15) is 4.57 Å². The molecular weight excluding hydrogens is 468 g/mol. The minimum absolute atomic E-state index is 1.21. The third-order valence-electron chi connectivity index (χ3n) is 8.32. The van der Waals surface area contributed by atoms with Crippen LogP contribution in [0.4, 0.5) is 0 Å². The molecule has 0 spiro atoms. The first-order valence-corrected chi connectivity index (χ1v) is 13.7. The van der Waals surface area contributed by atoms with Crippen LogP contribution in [-0.2, 0) is 7.05 Å². The molecule has 0 bridgehead atoms. The highest BCUT2D eigenvalue weighted by Crippen LogP contribution is 2.41. The number of fused-ring (bicyclic) bond motifs is 6. The van der Waals surface area contributed by atoms with Crippen LogP contribution in [0.1, 0.15) is 22.3 Å². The molecule has 2 nitrogen and oxygen atoms in total. The van der Waals surface area contributed by atoms with E-state index < -0.39 is 0 Å². The Morgan fingerprint density at radius 3 is 2.03 bits per heavy atom. The van der Waals surface area contributed by atoms with E-state index in [1.165, 1.54) is 81.2 Å². The lowest BCUT2D eigenvalue weighted by molar-refractivity contribution is -0.659. The zero-order valence-corrected chi connectivity index (χ0v) is 22.7. The van der Waals surface area contributed by atoms with Gasteiger partial charge in [0.15, 0.2) is 6.20 Å². The number of thiophene rings is 1. The molecule has 37 heavy (non-hydrogen) atoms. The van der Waals surface area contributed by atoms with Gasteiger partial charge in [-0.25, -0.2) is 0 Å². The van der Waals surface area contributed by atoms with Crippen molar-refractivity contribution in [2.24, 2.45) is 7.05 Å². The van der Waals surface area contributed by atoms with Crippen molar-refractivity contribution in [1.82, 2.24) is 4.57 Å². The Kier molecular flexibility index (Phi) is 4.83. The molecule has 0 fully saturated rings. The van der Waals surface area contributed by atoms with Gasteiger partial charge in [-0.1, -0.05) is 42.5 Å². The average molecular weight is 498 g/mol. The summed E-state index contributed by atoms with van der Waals surface area (Å²) in [6, 6.07) is 29.1. The lowest BCUT2D eigenvalue weighted by atomic mass is 9.92. The van der Waals surface area contributed by atoms with Gasteiger partial charge in [0.05, 0.1) is 16.6 Å². The minimum atomic E-state index is 1.21. The zero-order chi connectivity index (χ0) is 25.4. The molecule has 0 unspecified atom stereocenters. The van der Waals surface area contributed by atoms with Crippen molar-refractivity contribution >= 4 is 53.3 Å². The first kappa shape index (κ1) is 22.3. The second-order valence-corrected chi connectivity index (χ2v) is 11.3. The van der Waals surface area contributed by atoms with Crippen molar-refractivity contribution in [3.63, 3.8) is 0 Å². The van der Waals surface area contributed by atoms with Gasteiger partial charge >= 0.3 is 0 Å². The van der Waals surface area contributed by atoms with Gasteiger partial charge in [-0.05, 0) is 80.3 Å². The molecule has 3 heterocycles. The topological polar surface area (TPSA) is 8.81 Å². The van der Waals surface area contributed by atoms with Crippen molar-refractivity contribution in [2.45, 2.75) is 27.7 Å². The van der Waals surface area contributed by atoms with Crippen LogP contribution in [0.15, 0.2) is 85.1 Å². The number of para-hydroxylation sites is 2. The molecule has 7 aromatic rings. The van der Waals surface area contributed by atoms with Gasteiger partial charge in [0, 0.05) is 38.0 Å². The van der Waals surface area contributed by atoms with E-state index in [2.05, 4.69) is 129 Å². The third kappa shape index (κ3) is 3.14. The number of hydrogen-bond donors (Lipinski definition) is 0. The van der Waals surface area contributed by atoms with Crippen LogP contribution in [-0.4, -0.2) is 4.57 Å². The largest absolute Gasteiger partial charge is 0.309 e. The van der Waals surface area contributed by atoms with Gasteiger partial charge in [0.2, 0.25) is 5.69 Å². The Morgan fingerprint density at radius 2 is 1.32 bits per heavy atom. The van der Waals surface area contributed by atoms with Crippen LogP contribution in [0.25, 0.3) is 58.9 Å². The molecule has 0 saturated heterocycles. The minimum Gasteiger partial charge on any atom is -0.309 e. The molecule has 0 radical (unpaired) electrons. The van der Waals surface area contributed by atoms with E-state index in [1.54, 1.807) is 0 Å². The highest BCUT2D eigenvalue weighted by molar-refractivity contribution is 7.26. The van der Waals surface area contributed by atoms with E-state index >= 15 is 0 Å². The second-order valence-electron chi connectivity index (χ2n) is 10.3. The van der Waals surface area contributed by atoms with E-state index in [0.29, 0.717) is 0 Å². The fourth-order valence-electron chi connectivity index (χ4n) is 5.98. The summed E-state index contributed by atoms with van der Waals surface area (Å²) in [5.41, 5.74) is 11.9. The van der Waals surface area contributed by atoms with E-state index in [1.807, 2.05) is 11.3 Å². The van der Waals surface area contributed by atoms with E-state index in [-0.39, 0.29) is 0 Å². The van der Waals surface area contributed by atoms with Crippen molar-refractivity contribution in [3.8, 4) is 16.9 Å². The normalized spacial score (nSPS) is 11.9. The molecule has 0 N–H and O–H groups in total. The van der Waals surface area contributed by atoms with E-state index in [9.17, 15) is 0 Å². The number of nitrogens with zero attached hydrogens (tertiary/aromatic N) is 2. The summed E-state index contributed by atoms with van der Waals surface area (Å²) in [5.74, 6) is 0. The summed E-state index contributed by atoms with van der Waals surface area (Å²) in [6.07, 6.45) is 2.22. The molecular formula is C34H29N2S+. The molecule has 0 atom stereocenters. The van der Waals surface area contributed by atoms with Gasteiger partial charge in [-0.15, -0.1) is 11.3 Å². The Bertz CT molecular complexity index is 1980. The Hall–Kier alpha value is -3.95. The van der Waals surface area contributed by atoms with Gasteiger partial charge in [0.25, 0.3) is 0 Å². The molecule has 0 aliphatic heterocycles. The van der Waals surface area contributed by atoms with Crippen LogP contribution >= 0.6 is 11.3 Å². The molecule has 4 aromatic carbocycles. The zero-order valence-electron chi connectivity index (χ0n) is 21.9. The van der Waals surface area contributed by atoms with Crippen molar-refractivity contribution < 1.29 is 4.57 Å². The summed E-state index contributed by atoms with van der Waals surface area (Å²) < 4.78 is 7.37. The Labute approximate surface area is 221 Å². The Balaban J connectivity index is 1.52. The maximum atomic E-state index is 2.41. The van der Waals surface area contributed by atoms with E-state index in [0.717, 1.165) is 0 Å². The number of hydrogen-bond acceptors (Lipinski definition) is 1. The summed E-state index contributed by atoms with van der Waals surface area (Å²) >= 11 is 1.91. The predicted octanol–water partition coefficient (Wildman–Crippen LogP) is 8.88. The van der Waals surface area contributed by atoms with Crippen LogP contribution in [0.2, 0.25) is 0 Å². The maximum absolute atomic E-state index is 2.41. The summed E-state index contributed by atoms with van der Waals surface area (Å²) in [4.78, 5) is 0. The third-order valence-corrected chi connectivity index (χ3v) is 9.49. The molecule has 3 aromatic heterocycles. The summed E-state index contributed by atoms with van der Waals surface area (Å²) in [5, 5.41) is 5.25. The fraction of sp³-hybridized carbons (Fsp3) is 0.147. The molecule has 0 saturated carbocycles. The first-order chi connectivity index (χ1) is 17.9. The highest BCUT2D eigenvalue weighted by Gasteiger charge is 2.23. The van der Waals surface area contributed by atoms with Gasteiger partial charge in [0.1, 0.15) is 11.7 Å². The number of aromatic nitrogens is 2. The first-order valence-electron chi connectivity index (χ1n) is 12.9. The lowest BCUT2D eigenvalue weighted by Crippen LogP contribution is -2.30. The smallest absolute Gasteiger partial charge is 0.230 e. The molecule has 180 valence electrons. The molecule has 7 rings (SSSR count). The van der Waals surface area contributed by atoms with Crippen LogP contribution < -0.4 is 4.57 Å². The van der Waals surface area contributed by atoms with Crippen molar-refractivity contribution in [3.05, 3.63) is 107 Å². The maximum Gasteiger partial charge on any atom is 0.230 e. The van der Waals surface area contributed by atoms with Gasteiger partial charge < -0.3 is 4.57 Å². The predicted molar refractivity (Wildman–Crippen MR) is 159 cm³/mol. The average Bonchev–Trinajstić information content (AvgIpc) is 3.45. The standard InChI is InChI=1S/C34H29N2S/c1-20-18-29(23(4)22(3)21(20)2)33-34-28(16-17-35(33)5)27-15-14-24(19-32(27)37-34)36-30-12-8-6-10-25(30)26-11-7-9-13-31(26)36/h6-19H,1-5H3/q+1. The molecule has 0 aliphatic rings. The van der Waals surface area contributed by atoms with Crippen molar-refractivity contribution in [2.75, 3.05) is 0 Å². The van der Waals surface area contributed by atoms with Crippen LogP contribution in [0.3, 0.4) is 0 Å². The van der Waals surface area contributed by atoms with E-state index in [4.69, 9.17) is 0 Å². The molecule has 3 heteroatoms. The monoisotopic (exact) mass is 497 g/mol. The van der Waals surface area contributed by atoms with Gasteiger partial charge in [-0.3, -0.25) is 0 Å². The fourth-order valence-corrected chi connectivity index (χ4v) is 7.30. The quantitative estimate of drug-likeness (QED) is 0.211. The van der Waals surface area contributed by atoms with Crippen LogP contribution in [0.5, 0.6) is 0 Å². The van der Waals surface area contributed by atoms with Crippen LogP contribution in [0, 0.1) is 27.7 Å². The second kappa shape index (κ2) is 8.03. The number of pyridine rings is 1. The number of benzene rings is 4. The Morgan fingerprint density at radius 1 is 0.649 bits per heavy atom. The number of aryl methyl sites for hydroxylation is 2. The highest BCUT2D eigenvalue weighted by atomic mass is 32.1. The lowest BCUT2D eigenvalue weighted by Gasteiger charge is -2.13. The molecule has 0 amide bonds. The SMILES string of the molecule is Cc1cc(-c2c3sc4cc(-n5c6ccccc6c6ccccc65)ccc4c3cc[n+]2C)c(C)c(C)c1C.